The number of ether oxygens (including phenoxy) is 2. The van der Waals surface area contributed by atoms with E-state index in [1.165, 1.54) is 0 Å². The minimum absolute atomic E-state index is 0.697. The molecule has 1 amide bonds. The second kappa shape index (κ2) is 12.3. The lowest BCUT2D eigenvalue weighted by Gasteiger charge is -2.44. The molecule has 7 N–H and O–H groups in total. The fraction of sp³-hybridized carbons (Fsp3) is 0.706. The Labute approximate surface area is 217 Å². The van der Waals surface area contributed by atoms with Gasteiger partial charge in [0.1, 0.15) is 42.7 Å². The molecule has 2 fully saturated rings. The summed E-state index contributed by atoms with van der Waals surface area (Å²) in [5.41, 5.74) is -1.79. The number of phosphoric acid groups is 2. The third-order valence-electron chi connectivity index (χ3n) is 5.54. The standard InChI is InChI=1S/C17H27N3O17P2/c1-6(22)18-10-13(26)11(24)7(4-21)35-16(10)36-39(31,32)37-38(29,30)33-5-8-12(25)14(27)15(34-8)20-3-2-9(23)19-17(20)28/h2-3,7-8,10-16,21,24-27H,4-5H2,1H3,(H,18,22)(H,29,30)(H,31,32)(H,19,23,28)/p-2/t7-,8-,10-,11-,12-,13-,14-,15-,16-/m1/s1. The summed E-state index contributed by atoms with van der Waals surface area (Å²) in [6, 6.07) is -0.844. The highest BCUT2D eigenvalue weighted by atomic mass is 31.3. The maximum absolute atomic E-state index is 12.3. The van der Waals surface area contributed by atoms with Gasteiger partial charge in [-0.2, -0.15) is 0 Å². The Morgan fingerprint density at radius 3 is 2.31 bits per heavy atom. The third-order valence-corrected chi connectivity index (χ3v) is 8.07. The van der Waals surface area contributed by atoms with Crippen molar-refractivity contribution in [2.24, 2.45) is 0 Å². The van der Waals surface area contributed by atoms with E-state index in [2.05, 4.69) is 18.7 Å². The van der Waals surface area contributed by atoms with Gasteiger partial charge >= 0.3 is 5.69 Å². The van der Waals surface area contributed by atoms with E-state index < -0.39 is 101 Å². The van der Waals surface area contributed by atoms with Crippen LogP contribution in [0.15, 0.2) is 21.9 Å². The zero-order chi connectivity index (χ0) is 29.3. The van der Waals surface area contributed by atoms with Gasteiger partial charge < -0.3 is 54.6 Å². The lowest BCUT2D eigenvalue weighted by molar-refractivity contribution is -0.285. The molecule has 2 aliphatic heterocycles. The molecule has 20 nitrogen and oxygen atoms in total. The Hall–Kier alpha value is -1.87. The van der Waals surface area contributed by atoms with Crippen LogP contribution in [0, 0.1) is 0 Å². The van der Waals surface area contributed by atoms with Crippen LogP contribution in [0.2, 0.25) is 0 Å². The first-order chi connectivity index (χ1) is 18.0. The summed E-state index contributed by atoms with van der Waals surface area (Å²) in [6.07, 6.45) is -13.4. The van der Waals surface area contributed by atoms with Crippen LogP contribution in [0.4, 0.5) is 0 Å². The third kappa shape index (κ3) is 7.66. The number of aromatic amines is 1. The van der Waals surface area contributed by atoms with Crippen LogP contribution in [-0.4, -0.2) is 103 Å². The molecule has 22 heteroatoms. The van der Waals surface area contributed by atoms with Gasteiger partial charge in [-0.25, -0.2) is 9.11 Å². The van der Waals surface area contributed by atoms with Crippen molar-refractivity contribution < 1.29 is 72.1 Å². The predicted molar refractivity (Wildman–Crippen MR) is 116 cm³/mol. The van der Waals surface area contributed by atoms with Crippen molar-refractivity contribution in [2.45, 2.75) is 62.1 Å². The van der Waals surface area contributed by atoms with Gasteiger partial charge in [0.2, 0.25) is 5.91 Å². The quantitative estimate of drug-likeness (QED) is 0.122. The summed E-state index contributed by atoms with van der Waals surface area (Å²) in [5, 5.41) is 51.7. The van der Waals surface area contributed by atoms with Crippen LogP contribution < -0.4 is 26.4 Å². The summed E-state index contributed by atoms with van der Waals surface area (Å²) >= 11 is 0. The molecule has 2 aliphatic rings. The molecule has 0 saturated carbocycles. The van der Waals surface area contributed by atoms with Crippen LogP contribution in [0.1, 0.15) is 13.2 Å². The van der Waals surface area contributed by atoms with E-state index in [1.807, 2.05) is 4.98 Å². The van der Waals surface area contributed by atoms with Gasteiger partial charge in [0.15, 0.2) is 12.5 Å². The molecule has 2 saturated heterocycles. The van der Waals surface area contributed by atoms with E-state index in [-0.39, 0.29) is 0 Å². The number of amides is 1. The van der Waals surface area contributed by atoms with Crippen LogP contribution in [0.25, 0.3) is 0 Å². The molecule has 1 aromatic rings. The number of rotatable bonds is 10. The average molecular weight is 605 g/mol. The average Bonchev–Trinajstić information content (AvgIpc) is 3.10. The number of aliphatic hydroxyl groups excluding tert-OH is 5. The van der Waals surface area contributed by atoms with Gasteiger partial charge in [0.05, 0.1) is 13.2 Å². The number of aromatic nitrogens is 2. The number of phosphoric ester groups is 2. The van der Waals surface area contributed by atoms with Crippen molar-refractivity contribution in [3.63, 3.8) is 0 Å². The van der Waals surface area contributed by atoms with Gasteiger partial charge in [-0.15, -0.1) is 0 Å². The highest BCUT2D eigenvalue weighted by Gasteiger charge is 2.47. The molecule has 222 valence electrons. The normalized spacial score (nSPS) is 36.2. The van der Waals surface area contributed by atoms with Crippen LogP contribution in [0.5, 0.6) is 0 Å². The highest BCUT2D eigenvalue weighted by Crippen LogP contribution is 2.57. The predicted octanol–water partition coefficient (Wildman–Crippen LogP) is -5.91. The molecule has 3 heterocycles. The zero-order valence-corrected chi connectivity index (χ0v) is 21.5. The van der Waals surface area contributed by atoms with E-state index in [0.29, 0.717) is 4.57 Å². The molecule has 0 radical (unpaired) electrons. The van der Waals surface area contributed by atoms with Crippen molar-refractivity contribution in [1.29, 1.82) is 0 Å². The number of nitrogens with one attached hydrogen (secondary N) is 2. The largest absolute Gasteiger partial charge is 0.756 e. The van der Waals surface area contributed by atoms with Crippen molar-refractivity contribution in [2.75, 3.05) is 13.2 Å². The molecule has 2 unspecified atom stereocenters. The summed E-state index contributed by atoms with van der Waals surface area (Å²) < 4.78 is 48.2. The Balaban J connectivity index is 1.66. The number of aliphatic hydroxyl groups is 5. The minimum Gasteiger partial charge on any atom is -0.756 e. The van der Waals surface area contributed by atoms with Gasteiger partial charge in [-0.05, 0) is 0 Å². The highest BCUT2D eigenvalue weighted by molar-refractivity contribution is 7.59. The van der Waals surface area contributed by atoms with Gasteiger partial charge in [0.25, 0.3) is 21.2 Å². The van der Waals surface area contributed by atoms with E-state index in [4.69, 9.17) is 9.47 Å². The van der Waals surface area contributed by atoms with Crippen molar-refractivity contribution in [3.05, 3.63) is 33.1 Å². The SMILES string of the molecule is CC(=O)N[C@H]1[C@@H](OP(=O)([O-])OP(=O)([O-])OC[C@H]2O[C@@H](n3ccc(=O)[nH]c3=O)[C@H](O)[C@@H]2O)O[C@H](CO)[C@@H](O)[C@@H]1O. The van der Waals surface area contributed by atoms with Gasteiger partial charge in [-0.3, -0.25) is 32.8 Å². The van der Waals surface area contributed by atoms with Crippen molar-refractivity contribution in [3.8, 4) is 0 Å². The molecule has 0 aromatic carbocycles. The molecule has 11 atom stereocenters. The molecular formula is C17H25N3O17P2-2. The number of hydrogen-bond donors (Lipinski definition) is 7. The molecule has 3 rings (SSSR count). The second-order valence-corrected chi connectivity index (χ2v) is 11.3. The van der Waals surface area contributed by atoms with Crippen molar-refractivity contribution in [1.82, 2.24) is 14.9 Å². The lowest BCUT2D eigenvalue weighted by atomic mass is 9.97. The molecular weight excluding hydrogens is 580 g/mol. The summed E-state index contributed by atoms with van der Waals surface area (Å²) in [4.78, 5) is 60.9. The molecule has 0 aliphatic carbocycles. The van der Waals surface area contributed by atoms with Gasteiger partial charge in [0, 0.05) is 19.2 Å². The summed E-state index contributed by atoms with van der Waals surface area (Å²) in [6.45, 7) is -1.09. The van der Waals surface area contributed by atoms with E-state index in [9.17, 15) is 58.8 Å². The zero-order valence-electron chi connectivity index (χ0n) is 19.7. The topological polar surface area (TPSA) is 312 Å². The summed E-state index contributed by atoms with van der Waals surface area (Å²) in [5.74, 6) is -0.829. The fourth-order valence-corrected chi connectivity index (χ4v) is 5.83. The van der Waals surface area contributed by atoms with Crippen LogP contribution >= 0.6 is 15.6 Å². The first kappa shape index (κ1) is 31.7. The monoisotopic (exact) mass is 605 g/mol. The Bertz CT molecular complexity index is 1240. The second-order valence-electron chi connectivity index (χ2n) is 8.37. The van der Waals surface area contributed by atoms with E-state index >= 15 is 0 Å². The van der Waals surface area contributed by atoms with Crippen molar-refractivity contribution >= 4 is 21.6 Å². The number of nitrogens with zero attached hydrogens (tertiary/aromatic N) is 1. The maximum atomic E-state index is 12.3. The molecule has 1 aromatic heterocycles. The van der Waals surface area contributed by atoms with E-state index in [1.54, 1.807) is 0 Å². The Kier molecular flexibility index (Phi) is 10.0. The fourth-order valence-electron chi connectivity index (χ4n) is 3.74. The smallest absolute Gasteiger partial charge is 0.330 e. The first-order valence-corrected chi connectivity index (χ1v) is 13.9. The summed E-state index contributed by atoms with van der Waals surface area (Å²) in [7, 11) is -11.8. The maximum Gasteiger partial charge on any atom is 0.330 e. The lowest BCUT2D eigenvalue weighted by Crippen LogP contribution is -2.64. The van der Waals surface area contributed by atoms with Crippen LogP contribution in [0.3, 0.4) is 0 Å². The van der Waals surface area contributed by atoms with E-state index in [0.717, 1.165) is 19.2 Å². The Morgan fingerprint density at radius 1 is 1.08 bits per heavy atom. The van der Waals surface area contributed by atoms with Crippen LogP contribution in [-0.2, 0) is 36.8 Å². The molecule has 0 bridgehead atoms. The number of carbonyl (C=O) groups excluding carboxylic acids is 1. The molecule has 0 spiro atoms. The van der Waals surface area contributed by atoms with Gasteiger partial charge in [-0.1, -0.05) is 0 Å². The minimum atomic E-state index is -5.94. The number of H-pyrrole nitrogens is 1. The molecule has 39 heavy (non-hydrogen) atoms. The number of carbonyl (C=O) groups is 1. The Morgan fingerprint density at radius 2 is 1.72 bits per heavy atom. The first-order valence-electron chi connectivity index (χ1n) is 10.9. The number of hydrogen-bond acceptors (Lipinski definition) is 17.